The Balaban J connectivity index is 1.14. The van der Waals surface area contributed by atoms with Gasteiger partial charge in [-0.3, -0.25) is 9.97 Å². The molecule has 0 aliphatic rings. The van der Waals surface area contributed by atoms with Crippen molar-refractivity contribution < 1.29 is 4.42 Å². The fourth-order valence-corrected chi connectivity index (χ4v) is 6.09. The Labute approximate surface area is 270 Å². The number of furan rings is 1. The van der Waals surface area contributed by atoms with Gasteiger partial charge in [0.1, 0.15) is 16.9 Å². The van der Waals surface area contributed by atoms with Crippen LogP contribution >= 0.6 is 0 Å². The molecule has 0 saturated carbocycles. The SMILES string of the molecule is c1ccc(-c2nc(-c3ccccc3)nc(-c3cccc(-c4ccc5cnc(-c6nccc7oc8ccccc8c67)cc5c4)c3)n2)cc1. The highest BCUT2D eigenvalue weighted by atomic mass is 16.3. The molecule has 0 spiro atoms. The van der Waals surface area contributed by atoms with E-state index in [1.165, 1.54) is 0 Å². The van der Waals surface area contributed by atoms with Gasteiger partial charge in [0.25, 0.3) is 0 Å². The molecular formula is C41H25N5O. The molecule has 220 valence electrons. The third-order valence-electron chi connectivity index (χ3n) is 8.41. The molecule has 0 unspecified atom stereocenters. The normalized spacial score (nSPS) is 11.4. The number of benzene rings is 5. The maximum absolute atomic E-state index is 6.11. The van der Waals surface area contributed by atoms with E-state index in [4.69, 9.17) is 29.3 Å². The van der Waals surface area contributed by atoms with E-state index in [2.05, 4.69) is 48.5 Å². The summed E-state index contributed by atoms with van der Waals surface area (Å²) in [6.07, 6.45) is 3.69. The zero-order valence-corrected chi connectivity index (χ0v) is 25.1. The number of rotatable bonds is 5. The van der Waals surface area contributed by atoms with Crippen LogP contribution in [0, 0.1) is 0 Å². The molecule has 0 amide bonds. The number of pyridine rings is 2. The van der Waals surface area contributed by atoms with E-state index in [-0.39, 0.29) is 0 Å². The number of aromatic nitrogens is 5. The van der Waals surface area contributed by atoms with Crippen LogP contribution in [-0.4, -0.2) is 24.9 Å². The summed E-state index contributed by atoms with van der Waals surface area (Å²) in [6.45, 7) is 0. The minimum atomic E-state index is 0.623. The van der Waals surface area contributed by atoms with Gasteiger partial charge in [0.15, 0.2) is 17.5 Å². The van der Waals surface area contributed by atoms with E-state index >= 15 is 0 Å². The Morgan fingerprint density at radius 3 is 1.83 bits per heavy atom. The first kappa shape index (κ1) is 26.8. The van der Waals surface area contributed by atoms with Crippen LogP contribution in [0.4, 0.5) is 0 Å². The molecular weight excluding hydrogens is 578 g/mol. The molecule has 0 N–H and O–H groups in total. The lowest BCUT2D eigenvalue weighted by molar-refractivity contribution is 0.668. The Bertz CT molecular complexity index is 2520. The van der Waals surface area contributed by atoms with Crippen LogP contribution in [0.3, 0.4) is 0 Å². The second kappa shape index (κ2) is 11.1. The molecule has 6 nitrogen and oxygen atoms in total. The molecule has 4 heterocycles. The lowest BCUT2D eigenvalue weighted by atomic mass is 9.99. The summed E-state index contributed by atoms with van der Waals surface area (Å²) in [7, 11) is 0. The highest BCUT2D eigenvalue weighted by molar-refractivity contribution is 6.11. The van der Waals surface area contributed by atoms with Crippen LogP contribution in [0.25, 0.3) is 89.4 Å². The van der Waals surface area contributed by atoms with Crippen LogP contribution in [0.2, 0.25) is 0 Å². The third kappa shape index (κ3) is 4.89. The molecule has 9 aromatic rings. The molecule has 47 heavy (non-hydrogen) atoms. The Morgan fingerprint density at radius 1 is 0.426 bits per heavy atom. The standard InChI is InChI=1S/C41H25N5O/c1-3-10-26(11-4-1)39-44-40(27-12-5-2-6-13-27)46-41(45-39)30-15-9-14-28(22-30)29-18-19-31-25-43-34(24-32(31)23-29)38-37-33-16-7-8-17-35(33)47-36(37)20-21-42-38/h1-25H. The average Bonchev–Trinajstić information content (AvgIpc) is 3.54. The van der Waals surface area contributed by atoms with Gasteiger partial charge in [0.05, 0.1) is 11.1 Å². The van der Waals surface area contributed by atoms with Crippen LogP contribution in [0.1, 0.15) is 0 Å². The number of fused-ring (bicyclic) bond motifs is 4. The van der Waals surface area contributed by atoms with Crippen molar-refractivity contribution in [3.63, 3.8) is 0 Å². The molecule has 0 aliphatic carbocycles. The van der Waals surface area contributed by atoms with Crippen LogP contribution < -0.4 is 0 Å². The zero-order chi connectivity index (χ0) is 31.2. The van der Waals surface area contributed by atoms with Crippen molar-refractivity contribution in [1.29, 1.82) is 0 Å². The Kier molecular flexibility index (Phi) is 6.35. The lowest BCUT2D eigenvalue weighted by Gasteiger charge is -2.10. The molecule has 0 saturated heterocycles. The molecule has 0 atom stereocenters. The van der Waals surface area contributed by atoms with Crippen molar-refractivity contribution in [3.05, 3.63) is 152 Å². The Hall–Kier alpha value is -6.53. The van der Waals surface area contributed by atoms with Gasteiger partial charge in [-0.2, -0.15) is 0 Å². The largest absolute Gasteiger partial charge is 0.456 e. The highest BCUT2D eigenvalue weighted by Crippen LogP contribution is 2.36. The monoisotopic (exact) mass is 603 g/mol. The first-order valence-electron chi connectivity index (χ1n) is 15.4. The summed E-state index contributed by atoms with van der Waals surface area (Å²) in [6, 6.07) is 46.9. The maximum atomic E-state index is 6.11. The highest BCUT2D eigenvalue weighted by Gasteiger charge is 2.16. The van der Waals surface area contributed by atoms with Gasteiger partial charge in [0.2, 0.25) is 0 Å². The van der Waals surface area contributed by atoms with Crippen LogP contribution in [0.5, 0.6) is 0 Å². The van der Waals surface area contributed by atoms with Crippen molar-refractivity contribution >= 4 is 32.7 Å². The Morgan fingerprint density at radius 2 is 1.06 bits per heavy atom. The van der Waals surface area contributed by atoms with Crippen molar-refractivity contribution in [2.24, 2.45) is 0 Å². The second-order valence-electron chi connectivity index (χ2n) is 11.4. The van der Waals surface area contributed by atoms with Gasteiger partial charge in [0, 0.05) is 39.9 Å². The van der Waals surface area contributed by atoms with Crippen molar-refractivity contribution in [1.82, 2.24) is 24.9 Å². The van der Waals surface area contributed by atoms with Crippen molar-refractivity contribution in [3.8, 4) is 56.7 Å². The fraction of sp³-hybridized carbons (Fsp3) is 0. The number of para-hydroxylation sites is 1. The summed E-state index contributed by atoms with van der Waals surface area (Å²) in [5, 5.41) is 4.13. The maximum Gasteiger partial charge on any atom is 0.164 e. The zero-order valence-electron chi connectivity index (χ0n) is 25.1. The third-order valence-corrected chi connectivity index (χ3v) is 8.41. The van der Waals surface area contributed by atoms with E-state index in [1.807, 2.05) is 97.2 Å². The molecule has 0 bridgehead atoms. The second-order valence-corrected chi connectivity index (χ2v) is 11.4. The number of hydrogen-bond acceptors (Lipinski definition) is 6. The first-order valence-corrected chi connectivity index (χ1v) is 15.4. The van der Waals surface area contributed by atoms with E-state index in [1.54, 1.807) is 6.20 Å². The number of nitrogens with zero attached hydrogens (tertiary/aromatic N) is 5. The fourth-order valence-electron chi connectivity index (χ4n) is 6.09. The predicted molar refractivity (Wildman–Crippen MR) is 187 cm³/mol. The lowest BCUT2D eigenvalue weighted by Crippen LogP contribution is -2.00. The van der Waals surface area contributed by atoms with Gasteiger partial charge in [-0.05, 0) is 46.8 Å². The van der Waals surface area contributed by atoms with Gasteiger partial charge >= 0.3 is 0 Å². The summed E-state index contributed by atoms with van der Waals surface area (Å²) in [4.78, 5) is 24.3. The van der Waals surface area contributed by atoms with Gasteiger partial charge in [-0.25, -0.2) is 15.0 Å². The minimum absolute atomic E-state index is 0.623. The van der Waals surface area contributed by atoms with Crippen LogP contribution in [-0.2, 0) is 0 Å². The van der Waals surface area contributed by atoms with E-state index < -0.39 is 0 Å². The molecule has 0 radical (unpaired) electrons. The van der Waals surface area contributed by atoms with Crippen LogP contribution in [0.15, 0.2) is 156 Å². The molecule has 0 fully saturated rings. The molecule has 5 aromatic carbocycles. The van der Waals surface area contributed by atoms with Gasteiger partial charge in [-0.1, -0.05) is 109 Å². The smallest absolute Gasteiger partial charge is 0.164 e. The first-order chi connectivity index (χ1) is 23.3. The summed E-state index contributed by atoms with van der Waals surface area (Å²) in [5.74, 6) is 1.90. The van der Waals surface area contributed by atoms with Crippen molar-refractivity contribution in [2.75, 3.05) is 0 Å². The summed E-state index contributed by atoms with van der Waals surface area (Å²) in [5.41, 5.74) is 8.18. The van der Waals surface area contributed by atoms with Gasteiger partial charge < -0.3 is 4.42 Å². The van der Waals surface area contributed by atoms with Crippen molar-refractivity contribution in [2.45, 2.75) is 0 Å². The quantitative estimate of drug-likeness (QED) is 0.195. The summed E-state index contributed by atoms with van der Waals surface area (Å²) < 4.78 is 6.11. The summed E-state index contributed by atoms with van der Waals surface area (Å²) >= 11 is 0. The molecule has 6 heteroatoms. The van der Waals surface area contributed by atoms with E-state index in [9.17, 15) is 0 Å². The molecule has 0 aliphatic heterocycles. The average molecular weight is 604 g/mol. The van der Waals surface area contributed by atoms with Gasteiger partial charge in [-0.15, -0.1) is 0 Å². The van der Waals surface area contributed by atoms with E-state index in [0.717, 1.165) is 71.9 Å². The molecule has 4 aromatic heterocycles. The number of hydrogen-bond donors (Lipinski definition) is 0. The molecule has 9 rings (SSSR count). The van der Waals surface area contributed by atoms with E-state index in [0.29, 0.717) is 17.5 Å². The predicted octanol–water partition coefficient (Wildman–Crippen LogP) is 10.0. The topological polar surface area (TPSA) is 77.6 Å². The minimum Gasteiger partial charge on any atom is -0.456 e.